The summed E-state index contributed by atoms with van der Waals surface area (Å²) in [6.45, 7) is 1.53. The van der Waals surface area contributed by atoms with Crippen molar-refractivity contribution in [2.24, 2.45) is 5.92 Å². The molecule has 3 aromatic rings. The molecular weight excluding hydrogens is 465 g/mol. The molecule has 0 aromatic carbocycles. The molecule has 0 aliphatic carbocycles. The van der Waals surface area contributed by atoms with E-state index in [1.54, 1.807) is 0 Å². The highest BCUT2D eigenvalue weighted by Gasteiger charge is 2.40. The smallest absolute Gasteiger partial charge is 0.420 e. The van der Waals surface area contributed by atoms with Crippen LogP contribution < -0.4 is 5.32 Å². The number of nitrogens with one attached hydrogen (secondary N) is 1. The molecule has 0 bridgehead atoms. The Morgan fingerprint density at radius 3 is 2.79 bits per heavy atom. The second-order valence-electron chi connectivity index (χ2n) is 8.11. The van der Waals surface area contributed by atoms with Crippen LogP contribution >= 0.6 is 11.6 Å². The number of carbonyl (C=O) groups is 1. The first kappa shape index (κ1) is 22.2. The van der Waals surface area contributed by atoms with Gasteiger partial charge in [0.2, 0.25) is 0 Å². The van der Waals surface area contributed by atoms with Crippen molar-refractivity contribution in [2.75, 3.05) is 26.2 Å². The molecule has 33 heavy (non-hydrogen) atoms. The van der Waals surface area contributed by atoms with Crippen molar-refractivity contribution in [3.8, 4) is 11.1 Å². The highest BCUT2D eigenvalue weighted by atomic mass is 35.5. The summed E-state index contributed by atoms with van der Waals surface area (Å²) in [6.07, 6.45) is -1.36. The van der Waals surface area contributed by atoms with Crippen molar-refractivity contribution >= 4 is 23.2 Å². The number of aliphatic hydroxyl groups excluding tert-OH is 1. The van der Waals surface area contributed by atoms with Gasteiger partial charge in [-0.1, -0.05) is 11.6 Å². The summed E-state index contributed by atoms with van der Waals surface area (Å²) in [6, 6.07) is 2.47. The van der Waals surface area contributed by atoms with Gasteiger partial charge in [0.1, 0.15) is 11.4 Å². The highest BCUT2D eigenvalue weighted by Crippen LogP contribution is 2.37. The van der Waals surface area contributed by atoms with Crippen LogP contribution in [0.25, 0.3) is 16.8 Å². The van der Waals surface area contributed by atoms with Gasteiger partial charge in [-0.2, -0.15) is 13.2 Å². The molecule has 2 aliphatic heterocycles. The summed E-state index contributed by atoms with van der Waals surface area (Å²) < 4.78 is 53.0. The van der Waals surface area contributed by atoms with E-state index in [0.717, 1.165) is 10.5 Å². The summed E-state index contributed by atoms with van der Waals surface area (Å²) in [4.78, 5) is 18.5. The van der Waals surface area contributed by atoms with Gasteiger partial charge in [0.15, 0.2) is 11.3 Å². The number of fused-ring (bicyclic) bond motifs is 1. The van der Waals surface area contributed by atoms with Crippen LogP contribution in [-0.4, -0.2) is 63.9 Å². The molecule has 12 heteroatoms. The normalized spacial score (nSPS) is 24.0. The third-order valence-corrected chi connectivity index (χ3v) is 6.44. The Kier molecular flexibility index (Phi) is 5.60. The fourth-order valence-electron chi connectivity index (χ4n) is 4.41. The Labute approximate surface area is 190 Å². The van der Waals surface area contributed by atoms with Gasteiger partial charge in [-0.25, -0.2) is 4.98 Å². The number of rotatable bonds is 3. The predicted octanol–water partition coefficient (Wildman–Crippen LogP) is 3.04. The van der Waals surface area contributed by atoms with Crippen LogP contribution in [-0.2, 0) is 10.9 Å². The van der Waals surface area contributed by atoms with Gasteiger partial charge < -0.3 is 19.2 Å². The molecule has 3 unspecified atom stereocenters. The molecule has 2 N–H and O–H groups in total. The average molecular weight is 485 g/mol. The number of ether oxygens (including phenoxy) is 1. The predicted molar refractivity (Wildman–Crippen MR) is 111 cm³/mol. The lowest BCUT2D eigenvalue weighted by molar-refractivity contribution is -0.136. The third kappa shape index (κ3) is 3.99. The van der Waals surface area contributed by atoms with E-state index in [2.05, 4.69) is 10.3 Å². The molecule has 0 spiro atoms. The van der Waals surface area contributed by atoms with Crippen molar-refractivity contribution in [1.29, 1.82) is 0 Å². The molecule has 176 valence electrons. The molecule has 2 fully saturated rings. The van der Waals surface area contributed by atoms with Gasteiger partial charge in [0.25, 0.3) is 5.91 Å². The Morgan fingerprint density at radius 1 is 1.33 bits per heavy atom. The van der Waals surface area contributed by atoms with Crippen LogP contribution in [0.4, 0.5) is 13.2 Å². The van der Waals surface area contributed by atoms with Crippen LogP contribution in [0, 0.1) is 5.92 Å². The maximum Gasteiger partial charge on any atom is 0.420 e. The number of hydrogen-bond donors (Lipinski definition) is 2. The summed E-state index contributed by atoms with van der Waals surface area (Å²) in [5.41, 5.74) is -1.16. The lowest BCUT2D eigenvalue weighted by atomic mass is 9.92. The van der Waals surface area contributed by atoms with Crippen molar-refractivity contribution in [1.82, 2.24) is 19.6 Å². The number of likely N-dealkylation sites (tertiary alicyclic amines) is 1. The zero-order valence-electron chi connectivity index (χ0n) is 17.2. The highest BCUT2D eigenvalue weighted by molar-refractivity contribution is 6.33. The summed E-state index contributed by atoms with van der Waals surface area (Å²) in [7, 11) is 0. The van der Waals surface area contributed by atoms with Gasteiger partial charge in [-0.15, -0.1) is 0 Å². The molecule has 8 nitrogen and oxygen atoms in total. The number of β-amino-alcohol motifs (C(OH)–C–C–N with tert-alkyl or cyclic N) is 1. The van der Waals surface area contributed by atoms with Gasteiger partial charge in [0, 0.05) is 42.9 Å². The number of furan rings is 1. The first-order valence-electron chi connectivity index (χ1n) is 10.4. The zero-order chi connectivity index (χ0) is 23.3. The molecule has 3 aromatic heterocycles. The second-order valence-corrected chi connectivity index (χ2v) is 8.47. The Hall–Kier alpha value is -2.60. The molecule has 0 saturated carbocycles. The number of aromatic nitrogens is 2. The van der Waals surface area contributed by atoms with Gasteiger partial charge in [-0.3, -0.25) is 14.5 Å². The lowest BCUT2D eigenvalue weighted by Crippen LogP contribution is -2.52. The minimum Gasteiger partial charge on any atom is -0.472 e. The molecule has 3 atom stereocenters. The second kappa shape index (κ2) is 8.32. The molecule has 1 amide bonds. The Balaban J connectivity index is 1.48. The number of aliphatic hydroxyl groups is 1. The van der Waals surface area contributed by atoms with Crippen LogP contribution in [0.15, 0.2) is 35.3 Å². The zero-order valence-corrected chi connectivity index (χ0v) is 17.9. The van der Waals surface area contributed by atoms with E-state index in [1.807, 2.05) is 0 Å². The molecule has 5 rings (SSSR count). The number of amides is 1. The minimum atomic E-state index is -4.72. The third-order valence-electron chi connectivity index (χ3n) is 6.08. The number of nitrogens with zero attached hydrogens (tertiary/aromatic N) is 3. The standard InChI is InChI=1S/C21H20ClF3N4O4/c22-17-16(20(31)28-4-1-13(15(30)9-28)19-26-3-6-33-19)27-18-14(21(23,24)25)7-12(8-29(17)18)11-2-5-32-10-11/h2,5,7-8,10,13,15,19,26,30H,1,3-4,6,9H2. The SMILES string of the molecule is O=C(c1nc2c(C(F)(F)F)cc(-c3ccoc3)cn2c1Cl)N1CCC(C2NCCO2)C(O)C1. The van der Waals surface area contributed by atoms with Crippen LogP contribution in [0.3, 0.4) is 0 Å². The van der Waals surface area contributed by atoms with Crippen LogP contribution in [0.1, 0.15) is 22.5 Å². The largest absolute Gasteiger partial charge is 0.472 e. The summed E-state index contributed by atoms with van der Waals surface area (Å²) in [5, 5.41) is 13.5. The molecule has 5 heterocycles. The van der Waals surface area contributed by atoms with Crippen LogP contribution in [0.2, 0.25) is 5.15 Å². The quantitative estimate of drug-likeness (QED) is 0.594. The number of pyridine rings is 1. The van der Waals surface area contributed by atoms with Gasteiger partial charge >= 0.3 is 6.18 Å². The lowest BCUT2D eigenvalue weighted by Gasteiger charge is -2.37. The molecule has 2 aliphatic rings. The number of hydrogen-bond acceptors (Lipinski definition) is 6. The number of imidazole rings is 1. The minimum absolute atomic E-state index is 0.00163. The van der Waals surface area contributed by atoms with Gasteiger partial charge in [0.05, 0.1) is 30.8 Å². The molecule has 2 saturated heterocycles. The van der Waals surface area contributed by atoms with Crippen molar-refractivity contribution in [3.63, 3.8) is 0 Å². The van der Waals surface area contributed by atoms with Gasteiger partial charge in [-0.05, 0) is 18.6 Å². The van der Waals surface area contributed by atoms with E-state index >= 15 is 0 Å². The van der Waals surface area contributed by atoms with E-state index in [9.17, 15) is 23.1 Å². The number of carbonyl (C=O) groups excluding carboxylic acids is 1. The topological polar surface area (TPSA) is 92.2 Å². The first-order chi connectivity index (χ1) is 15.7. The Bertz CT molecular complexity index is 1170. The maximum atomic E-state index is 13.8. The number of alkyl halides is 3. The van der Waals surface area contributed by atoms with E-state index in [0.29, 0.717) is 31.7 Å². The fourth-order valence-corrected chi connectivity index (χ4v) is 4.66. The average Bonchev–Trinajstić information content (AvgIpc) is 3.54. The molecular formula is C21H20ClF3N4O4. The number of piperidine rings is 1. The van der Waals surface area contributed by atoms with Crippen molar-refractivity contribution in [2.45, 2.75) is 24.9 Å². The van der Waals surface area contributed by atoms with E-state index in [4.69, 9.17) is 20.8 Å². The molecule has 0 radical (unpaired) electrons. The first-order valence-corrected chi connectivity index (χ1v) is 10.8. The van der Waals surface area contributed by atoms with Crippen LogP contribution in [0.5, 0.6) is 0 Å². The van der Waals surface area contributed by atoms with E-state index in [-0.39, 0.29) is 35.1 Å². The fraction of sp³-hybridized carbons (Fsp3) is 0.429. The van der Waals surface area contributed by atoms with Crippen molar-refractivity contribution in [3.05, 3.63) is 47.3 Å². The van der Waals surface area contributed by atoms with E-state index in [1.165, 1.54) is 29.7 Å². The maximum absolute atomic E-state index is 13.8. The summed E-state index contributed by atoms with van der Waals surface area (Å²) in [5.74, 6) is -0.832. The van der Waals surface area contributed by atoms with Crippen molar-refractivity contribution < 1.29 is 32.2 Å². The van der Waals surface area contributed by atoms with E-state index < -0.39 is 29.4 Å². The number of halogens is 4. The monoisotopic (exact) mass is 484 g/mol. The Morgan fingerprint density at radius 2 is 2.15 bits per heavy atom. The summed E-state index contributed by atoms with van der Waals surface area (Å²) >= 11 is 6.37.